The number of furan rings is 1. The maximum Gasteiger partial charge on any atom is 0.433 e. The molecule has 3 heterocycles. The molecule has 3 rings (SSSR count). The monoisotopic (exact) mass is 340 g/mol. The fourth-order valence-corrected chi connectivity index (χ4v) is 2.63. The van der Waals surface area contributed by atoms with Gasteiger partial charge in [0.05, 0.1) is 12.8 Å². The molecule has 2 aromatic heterocycles. The van der Waals surface area contributed by atoms with Gasteiger partial charge in [0.2, 0.25) is 11.9 Å². The van der Waals surface area contributed by atoms with E-state index in [0.717, 1.165) is 12.3 Å². The van der Waals surface area contributed by atoms with Crippen LogP contribution in [0.15, 0.2) is 35.1 Å². The van der Waals surface area contributed by atoms with Gasteiger partial charge in [0.15, 0.2) is 0 Å². The summed E-state index contributed by atoms with van der Waals surface area (Å²) in [5.41, 5.74) is -1.02. The number of anilines is 1. The molecule has 9 heteroatoms. The third kappa shape index (κ3) is 3.50. The second-order valence-electron chi connectivity index (χ2n) is 5.39. The summed E-state index contributed by atoms with van der Waals surface area (Å²) in [5, 5.41) is 2.72. The van der Waals surface area contributed by atoms with Gasteiger partial charge >= 0.3 is 6.18 Å². The van der Waals surface area contributed by atoms with Crippen molar-refractivity contribution in [3.63, 3.8) is 0 Å². The van der Waals surface area contributed by atoms with E-state index in [4.69, 9.17) is 4.42 Å². The van der Waals surface area contributed by atoms with Gasteiger partial charge in [0.1, 0.15) is 17.5 Å². The second-order valence-corrected chi connectivity index (χ2v) is 5.39. The maximum absolute atomic E-state index is 12.8. The summed E-state index contributed by atoms with van der Waals surface area (Å²) in [6.07, 6.45) is -0.780. The first-order chi connectivity index (χ1) is 11.4. The first-order valence-corrected chi connectivity index (χ1v) is 7.42. The van der Waals surface area contributed by atoms with E-state index in [1.54, 1.807) is 12.1 Å². The van der Waals surface area contributed by atoms with Crippen LogP contribution >= 0.6 is 0 Å². The van der Waals surface area contributed by atoms with Gasteiger partial charge < -0.3 is 14.6 Å². The third-order valence-corrected chi connectivity index (χ3v) is 3.76. The van der Waals surface area contributed by atoms with Crippen LogP contribution in [0, 0.1) is 0 Å². The van der Waals surface area contributed by atoms with Crippen LogP contribution < -0.4 is 10.2 Å². The number of halogens is 3. The normalized spacial score (nSPS) is 18.0. The van der Waals surface area contributed by atoms with Crippen molar-refractivity contribution in [1.29, 1.82) is 0 Å². The Balaban J connectivity index is 1.72. The van der Waals surface area contributed by atoms with Crippen molar-refractivity contribution < 1.29 is 22.4 Å². The lowest BCUT2D eigenvalue weighted by Gasteiger charge is -2.24. The van der Waals surface area contributed by atoms with E-state index < -0.39 is 17.9 Å². The molecule has 2 aromatic rings. The molecule has 1 aliphatic heterocycles. The quantitative estimate of drug-likeness (QED) is 0.925. The smallest absolute Gasteiger partial charge is 0.433 e. The zero-order chi connectivity index (χ0) is 17.2. The van der Waals surface area contributed by atoms with Gasteiger partial charge in [0, 0.05) is 12.7 Å². The van der Waals surface area contributed by atoms with E-state index in [1.807, 2.05) is 0 Å². The van der Waals surface area contributed by atoms with Crippen LogP contribution in [-0.4, -0.2) is 28.5 Å². The molecule has 1 aliphatic rings. The van der Waals surface area contributed by atoms with Gasteiger partial charge in [-0.05, 0) is 31.0 Å². The van der Waals surface area contributed by atoms with E-state index in [1.165, 1.54) is 11.2 Å². The highest BCUT2D eigenvalue weighted by molar-refractivity contribution is 5.85. The molecule has 1 atom stereocenters. The maximum atomic E-state index is 12.8. The molecule has 1 saturated heterocycles. The van der Waals surface area contributed by atoms with Crippen molar-refractivity contribution >= 4 is 11.9 Å². The molecule has 0 radical (unpaired) electrons. The van der Waals surface area contributed by atoms with Crippen molar-refractivity contribution in [1.82, 2.24) is 15.3 Å². The van der Waals surface area contributed by atoms with Crippen LogP contribution in [-0.2, 0) is 17.5 Å². The summed E-state index contributed by atoms with van der Waals surface area (Å²) in [4.78, 5) is 21.3. The molecule has 1 N–H and O–H groups in total. The molecule has 6 nitrogen and oxygen atoms in total. The predicted octanol–water partition coefficient (Wildman–Crippen LogP) is 2.37. The van der Waals surface area contributed by atoms with E-state index in [9.17, 15) is 18.0 Å². The number of nitrogens with one attached hydrogen (secondary N) is 1. The minimum atomic E-state index is -4.55. The highest BCUT2D eigenvalue weighted by atomic mass is 19.4. The van der Waals surface area contributed by atoms with Gasteiger partial charge in [-0.3, -0.25) is 4.79 Å². The number of rotatable bonds is 4. The van der Waals surface area contributed by atoms with E-state index in [-0.39, 0.29) is 18.4 Å². The Morgan fingerprint density at radius 1 is 1.42 bits per heavy atom. The van der Waals surface area contributed by atoms with Crippen LogP contribution in [0.25, 0.3) is 0 Å². The molecule has 1 unspecified atom stereocenters. The van der Waals surface area contributed by atoms with E-state index in [2.05, 4.69) is 15.3 Å². The number of hydrogen-bond donors (Lipinski definition) is 1. The average molecular weight is 340 g/mol. The van der Waals surface area contributed by atoms with Crippen LogP contribution in [0.1, 0.15) is 24.3 Å². The van der Waals surface area contributed by atoms with Crippen LogP contribution in [0.4, 0.5) is 19.1 Å². The highest BCUT2D eigenvalue weighted by Gasteiger charge is 2.36. The summed E-state index contributed by atoms with van der Waals surface area (Å²) < 4.78 is 43.5. The lowest BCUT2D eigenvalue weighted by Crippen LogP contribution is -2.43. The van der Waals surface area contributed by atoms with Crippen molar-refractivity contribution in [2.24, 2.45) is 0 Å². The van der Waals surface area contributed by atoms with Gasteiger partial charge in [-0.2, -0.15) is 13.2 Å². The predicted molar refractivity (Wildman–Crippen MR) is 78.0 cm³/mol. The molecule has 0 bridgehead atoms. The van der Waals surface area contributed by atoms with Gasteiger partial charge in [-0.25, -0.2) is 9.97 Å². The topological polar surface area (TPSA) is 71.3 Å². The van der Waals surface area contributed by atoms with Crippen molar-refractivity contribution in [2.45, 2.75) is 31.6 Å². The standard InChI is InChI=1S/C15H15F3N4O2/c16-15(17,18)12-5-6-19-14(21-12)22-7-1-4-11(22)13(23)20-9-10-3-2-8-24-10/h2-3,5-6,8,11H,1,4,7,9H2,(H,20,23). The number of carbonyl (C=O) groups is 1. The molecule has 1 amide bonds. The Kier molecular flexibility index (Phi) is 4.41. The zero-order valence-corrected chi connectivity index (χ0v) is 12.6. The molecule has 128 valence electrons. The Hall–Kier alpha value is -2.58. The third-order valence-electron chi connectivity index (χ3n) is 3.76. The molecule has 1 fully saturated rings. The Morgan fingerprint density at radius 3 is 2.96 bits per heavy atom. The number of nitrogens with zero attached hydrogens (tertiary/aromatic N) is 3. The molecule has 24 heavy (non-hydrogen) atoms. The number of carbonyl (C=O) groups excluding carboxylic acids is 1. The first kappa shape index (κ1) is 16.3. The number of hydrogen-bond acceptors (Lipinski definition) is 5. The average Bonchev–Trinajstić information content (AvgIpc) is 3.23. The summed E-state index contributed by atoms with van der Waals surface area (Å²) in [6, 6.07) is 3.65. The molecule has 0 aromatic carbocycles. The Morgan fingerprint density at radius 2 is 2.25 bits per heavy atom. The SMILES string of the molecule is O=C(NCc1ccco1)C1CCCN1c1nccc(C(F)(F)F)n1. The van der Waals surface area contributed by atoms with Crippen LogP contribution in [0.2, 0.25) is 0 Å². The van der Waals surface area contributed by atoms with Crippen molar-refractivity contribution in [3.8, 4) is 0 Å². The Labute approximate surface area is 135 Å². The largest absolute Gasteiger partial charge is 0.467 e. The van der Waals surface area contributed by atoms with E-state index >= 15 is 0 Å². The highest BCUT2D eigenvalue weighted by Crippen LogP contribution is 2.29. The summed E-state index contributed by atoms with van der Waals surface area (Å²) in [6.45, 7) is 0.653. The first-order valence-electron chi connectivity index (χ1n) is 7.42. The molecule has 0 spiro atoms. The minimum Gasteiger partial charge on any atom is -0.467 e. The van der Waals surface area contributed by atoms with Crippen LogP contribution in [0.3, 0.4) is 0 Å². The van der Waals surface area contributed by atoms with Gasteiger partial charge in [0.25, 0.3) is 0 Å². The zero-order valence-electron chi connectivity index (χ0n) is 12.6. The lowest BCUT2D eigenvalue weighted by atomic mass is 10.2. The Bertz CT molecular complexity index is 703. The van der Waals surface area contributed by atoms with Crippen molar-refractivity contribution in [2.75, 3.05) is 11.4 Å². The van der Waals surface area contributed by atoms with Crippen molar-refractivity contribution in [3.05, 3.63) is 42.1 Å². The number of aromatic nitrogens is 2. The minimum absolute atomic E-state index is 0.0829. The lowest BCUT2D eigenvalue weighted by molar-refractivity contribution is -0.141. The summed E-state index contributed by atoms with van der Waals surface area (Å²) in [5.74, 6) is 0.230. The fourth-order valence-electron chi connectivity index (χ4n) is 2.63. The molecule has 0 saturated carbocycles. The molecular formula is C15H15F3N4O2. The van der Waals surface area contributed by atoms with E-state index in [0.29, 0.717) is 25.1 Å². The fraction of sp³-hybridized carbons (Fsp3) is 0.400. The summed E-state index contributed by atoms with van der Waals surface area (Å²) >= 11 is 0. The van der Waals surface area contributed by atoms with Gasteiger partial charge in [-0.1, -0.05) is 0 Å². The number of amides is 1. The molecule has 0 aliphatic carbocycles. The summed E-state index contributed by atoms with van der Waals surface area (Å²) in [7, 11) is 0. The molecular weight excluding hydrogens is 325 g/mol. The number of alkyl halides is 3. The van der Waals surface area contributed by atoms with Gasteiger partial charge in [-0.15, -0.1) is 0 Å². The van der Waals surface area contributed by atoms with Crippen LogP contribution in [0.5, 0.6) is 0 Å². The second kappa shape index (κ2) is 6.50.